The number of hydrogen-bond donors (Lipinski definition) is 1. The van der Waals surface area contributed by atoms with Gasteiger partial charge in [-0.25, -0.2) is 5.43 Å². The Bertz CT molecular complexity index is 818. The number of methoxy groups -OCH3 is 2. The number of rotatable bonds is 8. The predicted molar refractivity (Wildman–Crippen MR) is 113 cm³/mol. The summed E-state index contributed by atoms with van der Waals surface area (Å²) in [5.41, 5.74) is 4.69. The zero-order valence-corrected chi connectivity index (χ0v) is 17.0. The molecule has 0 radical (unpaired) electrons. The molecule has 1 aliphatic rings. The number of nitrogens with zero attached hydrogens (tertiary/aromatic N) is 3. The molecule has 7 nitrogen and oxygen atoms in total. The molecule has 1 aliphatic heterocycles. The number of carbonyl (C=O) groups is 1. The first-order valence-corrected chi connectivity index (χ1v) is 9.70. The lowest BCUT2D eigenvalue weighted by Gasteiger charge is -2.34. The fourth-order valence-electron chi connectivity index (χ4n) is 3.28. The van der Waals surface area contributed by atoms with E-state index in [1.807, 2.05) is 18.2 Å². The molecule has 1 saturated heterocycles. The lowest BCUT2D eigenvalue weighted by molar-refractivity contribution is -0.122. The zero-order valence-electron chi connectivity index (χ0n) is 17.0. The molecule has 0 aliphatic carbocycles. The van der Waals surface area contributed by atoms with E-state index < -0.39 is 0 Å². The van der Waals surface area contributed by atoms with Gasteiger partial charge in [-0.15, -0.1) is 0 Å². The van der Waals surface area contributed by atoms with Crippen LogP contribution in [0.2, 0.25) is 0 Å². The topological polar surface area (TPSA) is 66.4 Å². The van der Waals surface area contributed by atoms with E-state index in [2.05, 4.69) is 44.6 Å². The van der Waals surface area contributed by atoms with Crippen molar-refractivity contribution in [2.75, 3.05) is 46.9 Å². The van der Waals surface area contributed by atoms with E-state index in [-0.39, 0.29) is 5.91 Å². The smallest absolute Gasteiger partial charge is 0.254 e. The first kappa shape index (κ1) is 20.8. The molecule has 0 unspecified atom stereocenters. The van der Waals surface area contributed by atoms with E-state index in [9.17, 15) is 4.79 Å². The fraction of sp³-hybridized carbons (Fsp3) is 0.364. The van der Waals surface area contributed by atoms with Crippen LogP contribution in [0, 0.1) is 0 Å². The lowest BCUT2D eigenvalue weighted by atomic mass is 10.2. The van der Waals surface area contributed by atoms with Gasteiger partial charge in [0.1, 0.15) is 11.5 Å². The summed E-state index contributed by atoms with van der Waals surface area (Å²) < 4.78 is 10.5. The third-order valence-electron chi connectivity index (χ3n) is 4.91. The van der Waals surface area contributed by atoms with Crippen molar-refractivity contribution in [3.05, 3.63) is 59.7 Å². The largest absolute Gasteiger partial charge is 0.497 e. The molecule has 29 heavy (non-hydrogen) atoms. The van der Waals surface area contributed by atoms with E-state index in [0.717, 1.165) is 38.3 Å². The average Bonchev–Trinajstić information content (AvgIpc) is 2.76. The van der Waals surface area contributed by atoms with E-state index in [1.54, 1.807) is 26.5 Å². The molecule has 1 heterocycles. The van der Waals surface area contributed by atoms with Gasteiger partial charge in [-0.1, -0.05) is 30.3 Å². The van der Waals surface area contributed by atoms with Gasteiger partial charge in [0.25, 0.3) is 5.91 Å². The number of hydrogen-bond acceptors (Lipinski definition) is 6. The van der Waals surface area contributed by atoms with E-state index in [1.165, 1.54) is 5.56 Å². The number of hydrazone groups is 1. The summed E-state index contributed by atoms with van der Waals surface area (Å²) in [5, 5.41) is 4.06. The highest BCUT2D eigenvalue weighted by molar-refractivity contribution is 5.86. The molecule has 0 saturated carbocycles. The molecule has 154 valence electrons. The molecule has 0 spiro atoms. The molecule has 0 aromatic heterocycles. The summed E-state index contributed by atoms with van der Waals surface area (Å²) >= 11 is 0. The monoisotopic (exact) mass is 396 g/mol. The quantitative estimate of drug-likeness (QED) is 0.546. The van der Waals surface area contributed by atoms with Crippen LogP contribution in [0.3, 0.4) is 0 Å². The maximum absolute atomic E-state index is 12.2. The average molecular weight is 396 g/mol. The SMILES string of the molecule is COc1ccc(/C=N/NC(=O)CN2CCN(Cc3ccccc3)CC2)c(OC)c1. The Balaban J connectivity index is 1.42. The number of ether oxygens (including phenoxy) is 2. The molecule has 0 atom stereocenters. The van der Waals surface area contributed by atoms with Gasteiger partial charge < -0.3 is 9.47 Å². The Morgan fingerprint density at radius 1 is 1.03 bits per heavy atom. The van der Waals surface area contributed by atoms with Crippen molar-refractivity contribution < 1.29 is 14.3 Å². The zero-order chi connectivity index (χ0) is 20.5. The first-order chi connectivity index (χ1) is 14.2. The number of carbonyl (C=O) groups excluding carboxylic acids is 1. The van der Waals surface area contributed by atoms with Crippen LogP contribution in [-0.4, -0.2) is 68.9 Å². The molecule has 0 bridgehead atoms. The summed E-state index contributed by atoms with van der Waals surface area (Å²) in [7, 11) is 3.19. The Morgan fingerprint density at radius 2 is 1.76 bits per heavy atom. The standard InChI is InChI=1S/C22H28N4O3/c1-28-20-9-8-19(21(14-20)29-2)15-23-24-22(27)17-26-12-10-25(11-13-26)16-18-6-4-3-5-7-18/h3-9,14-15H,10-13,16-17H2,1-2H3,(H,24,27)/b23-15+. The highest BCUT2D eigenvalue weighted by atomic mass is 16.5. The molecule has 2 aromatic rings. The van der Waals surface area contributed by atoms with Crippen molar-refractivity contribution in [3.8, 4) is 11.5 Å². The minimum Gasteiger partial charge on any atom is -0.497 e. The highest BCUT2D eigenvalue weighted by Crippen LogP contribution is 2.22. The minimum absolute atomic E-state index is 0.120. The Hall–Kier alpha value is -2.90. The molecule has 7 heteroatoms. The lowest BCUT2D eigenvalue weighted by Crippen LogP contribution is -2.48. The van der Waals surface area contributed by atoms with Crippen molar-refractivity contribution in [1.82, 2.24) is 15.2 Å². The van der Waals surface area contributed by atoms with Gasteiger partial charge in [0.05, 0.1) is 27.0 Å². The summed E-state index contributed by atoms with van der Waals surface area (Å²) in [5.74, 6) is 1.22. The van der Waals surface area contributed by atoms with Crippen LogP contribution in [0.4, 0.5) is 0 Å². The second kappa shape index (κ2) is 10.6. The minimum atomic E-state index is -0.120. The predicted octanol–water partition coefficient (Wildman–Crippen LogP) is 1.97. The summed E-state index contributed by atoms with van der Waals surface area (Å²) in [4.78, 5) is 16.8. The Kier molecular flexibility index (Phi) is 7.61. The molecule has 1 N–H and O–H groups in total. The number of nitrogens with one attached hydrogen (secondary N) is 1. The number of benzene rings is 2. The van der Waals surface area contributed by atoms with Gasteiger partial charge in [-0.05, 0) is 17.7 Å². The van der Waals surface area contributed by atoms with Crippen molar-refractivity contribution in [2.24, 2.45) is 5.10 Å². The van der Waals surface area contributed by atoms with Crippen molar-refractivity contribution in [1.29, 1.82) is 0 Å². The van der Waals surface area contributed by atoms with Crippen LogP contribution in [0.5, 0.6) is 11.5 Å². The number of amides is 1. The Morgan fingerprint density at radius 3 is 2.45 bits per heavy atom. The van der Waals surface area contributed by atoms with Crippen LogP contribution < -0.4 is 14.9 Å². The van der Waals surface area contributed by atoms with E-state index >= 15 is 0 Å². The van der Waals surface area contributed by atoms with Crippen molar-refractivity contribution in [3.63, 3.8) is 0 Å². The van der Waals surface area contributed by atoms with Crippen LogP contribution in [-0.2, 0) is 11.3 Å². The van der Waals surface area contributed by atoms with Crippen LogP contribution in [0.15, 0.2) is 53.6 Å². The van der Waals surface area contributed by atoms with Gasteiger partial charge in [0.2, 0.25) is 0 Å². The summed E-state index contributed by atoms with van der Waals surface area (Å²) in [6, 6.07) is 15.9. The molecule has 3 rings (SSSR count). The van der Waals surface area contributed by atoms with Crippen LogP contribution in [0.1, 0.15) is 11.1 Å². The summed E-state index contributed by atoms with van der Waals surface area (Å²) in [6.07, 6.45) is 1.58. The summed E-state index contributed by atoms with van der Waals surface area (Å²) in [6.45, 7) is 4.95. The van der Waals surface area contributed by atoms with Gasteiger partial charge in [-0.3, -0.25) is 14.6 Å². The van der Waals surface area contributed by atoms with Gasteiger partial charge in [0.15, 0.2) is 0 Å². The van der Waals surface area contributed by atoms with E-state index in [4.69, 9.17) is 9.47 Å². The normalized spacial score (nSPS) is 15.4. The number of piperazine rings is 1. The van der Waals surface area contributed by atoms with Crippen LogP contribution in [0.25, 0.3) is 0 Å². The third-order valence-corrected chi connectivity index (χ3v) is 4.91. The van der Waals surface area contributed by atoms with Crippen LogP contribution >= 0.6 is 0 Å². The molecular formula is C22H28N4O3. The molecule has 1 fully saturated rings. The first-order valence-electron chi connectivity index (χ1n) is 9.70. The van der Waals surface area contributed by atoms with Gasteiger partial charge in [0, 0.05) is 44.4 Å². The Labute approximate surface area is 171 Å². The highest BCUT2D eigenvalue weighted by Gasteiger charge is 2.18. The molecule has 2 aromatic carbocycles. The molecule has 1 amide bonds. The second-order valence-corrected chi connectivity index (χ2v) is 6.94. The van der Waals surface area contributed by atoms with Gasteiger partial charge >= 0.3 is 0 Å². The fourth-order valence-corrected chi connectivity index (χ4v) is 3.28. The maximum atomic E-state index is 12.2. The third kappa shape index (κ3) is 6.30. The van der Waals surface area contributed by atoms with Crippen molar-refractivity contribution in [2.45, 2.75) is 6.54 Å². The second-order valence-electron chi connectivity index (χ2n) is 6.94. The van der Waals surface area contributed by atoms with E-state index in [0.29, 0.717) is 18.0 Å². The van der Waals surface area contributed by atoms with Crippen molar-refractivity contribution >= 4 is 12.1 Å². The molecular weight excluding hydrogens is 368 g/mol. The van der Waals surface area contributed by atoms with Gasteiger partial charge in [-0.2, -0.15) is 5.10 Å². The maximum Gasteiger partial charge on any atom is 0.254 e.